The summed E-state index contributed by atoms with van der Waals surface area (Å²) in [5, 5.41) is -0.942. The number of benzene rings is 2. The molecule has 1 unspecified atom stereocenters. The maximum atomic E-state index is 14.2. The van der Waals surface area contributed by atoms with E-state index in [4.69, 9.17) is 9.47 Å². The van der Waals surface area contributed by atoms with Gasteiger partial charge >= 0.3 is 0 Å². The van der Waals surface area contributed by atoms with Crippen LogP contribution in [0.4, 0.5) is 4.39 Å². The van der Waals surface area contributed by atoms with Crippen LogP contribution in [0.3, 0.4) is 0 Å². The zero-order valence-electron chi connectivity index (χ0n) is 16.4. The molecule has 6 nitrogen and oxygen atoms in total. The van der Waals surface area contributed by atoms with Crippen LogP contribution < -0.4 is 9.47 Å². The Morgan fingerprint density at radius 3 is 2.52 bits per heavy atom. The molecule has 29 heavy (non-hydrogen) atoms. The maximum Gasteiger partial charge on any atom is 0.227 e. The van der Waals surface area contributed by atoms with Crippen LogP contribution in [0.15, 0.2) is 42.5 Å². The minimum atomic E-state index is -3.56. The molecule has 1 amide bonds. The Balaban J connectivity index is 1.75. The van der Waals surface area contributed by atoms with Gasteiger partial charge < -0.3 is 14.4 Å². The SMILES string of the molecule is COc1ccc(CC(=O)N2CCC(c3ccccc3F)S(=O)(=O)CC2)cc1OC. The summed E-state index contributed by atoms with van der Waals surface area (Å²) in [6.45, 7) is 0.351. The number of carbonyl (C=O) groups excluding carboxylic acids is 1. The van der Waals surface area contributed by atoms with Gasteiger partial charge in [-0.2, -0.15) is 0 Å². The predicted molar refractivity (Wildman–Crippen MR) is 107 cm³/mol. The average Bonchev–Trinajstić information content (AvgIpc) is 2.86. The first-order valence-electron chi connectivity index (χ1n) is 9.30. The van der Waals surface area contributed by atoms with Gasteiger partial charge in [-0.1, -0.05) is 24.3 Å². The third-order valence-electron chi connectivity index (χ3n) is 5.15. The Bertz CT molecular complexity index is 992. The Kier molecular flexibility index (Phi) is 6.42. The lowest BCUT2D eigenvalue weighted by atomic mass is 10.1. The van der Waals surface area contributed by atoms with Crippen LogP contribution in [0.2, 0.25) is 0 Å². The van der Waals surface area contributed by atoms with E-state index in [1.807, 2.05) is 0 Å². The van der Waals surface area contributed by atoms with Gasteiger partial charge in [0.1, 0.15) is 5.82 Å². The first kappa shape index (κ1) is 21.1. The molecule has 1 aliphatic heterocycles. The van der Waals surface area contributed by atoms with E-state index in [1.54, 1.807) is 24.3 Å². The van der Waals surface area contributed by atoms with Gasteiger partial charge in [-0.3, -0.25) is 4.79 Å². The summed E-state index contributed by atoms with van der Waals surface area (Å²) in [4.78, 5) is 14.3. The van der Waals surface area contributed by atoms with E-state index >= 15 is 0 Å². The lowest BCUT2D eigenvalue weighted by Gasteiger charge is -2.20. The quantitative estimate of drug-likeness (QED) is 0.742. The first-order chi connectivity index (χ1) is 13.9. The van der Waals surface area contributed by atoms with Crippen molar-refractivity contribution in [2.75, 3.05) is 33.1 Å². The molecule has 3 rings (SSSR count). The van der Waals surface area contributed by atoms with E-state index < -0.39 is 20.9 Å². The van der Waals surface area contributed by atoms with Crippen molar-refractivity contribution in [3.05, 3.63) is 59.4 Å². The fourth-order valence-corrected chi connectivity index (χ4v) is 5.36. The summed E-state index contributed by atoms with van der Waals surface area (Å²) < 4.78 is 50.0. The molecule has 1 saturated heterocycles. The molecule has 0 radical (unpaired) electrons. The molecule has 1 heterocycles. The summed E-state index contributed by atoms with van der Waals surface area (Å²) in [5.41, 5.74) is 0.909. The van der Waals surface area contributed by atoms with Crippen LogP contribution in [-0.4, -0.2) is 52.3 Å². The molecule has 2 aromatic carbocycles. The van der Waals surface area contributed by atoms with Crippen LogP contribution in [-0.2, 0) is 21.1 Å². The third kappa shape index (κ3) is 4.70. The van der Waals surface area contributed by atoms with Gasteiger partial charge in [0.25, 0.3) is 0 Å². The van der Waals surface area contributed by atoms with Gasteiger partial charge in [0.15, 0.2) is 21.3 Å². The highest BCUT2D eigenvalue weighted by molar-refractivity contribution is 7.91. The van der Waals surface area contributed by atoms with Crippen molar-refractivity contribution >= 4 is 15.7 Å². The Morgan fingerprint density at radius 2 is 1.83 bits per heavy atom. The minimum absolute atomic E-state index is 0.0966. The minimum Gasteiger partial charge on any atom is -0.493 e. The van der Waals surface area contributed by atoms with Crippen molar-refractivity contribution in [3.8, 4) is 11.5 Å². The number of hydrogen-bond donors (Lipinski definition) is 0. The van der Waals surface area contributed by atoms with Gasteiger partial charge in [0.2, 0.25) is 5.91 Å². The highest BCUT2D eigenvalue weighted by atomic mass is 32.2. The van der Waals surface area contributed by atoms with E-state index in [0.717, 1.165) is 5.56 Å². The third-order valence-corrected chi connectivity index (χ3v) is 7.26. The number of amides is 1. The van der Waals surface area contributed by atoms with Gasteiger partial charge in [-0.25, -0.2) is 12.8 Å². The average molecular weight is 421 g/mol. The predicted octanol–water partition coefficient (Wildman–Crippen LogP) is 2.77. The van der Waals surface area contributed by atoms with E-state index in [0.29, 0.717) is 11.5 Å². The van der Waals surface area contributed by atoms with Crippen molar-refractivity contribution in [1.29, 1.82) is 0 Å². The fourth-order valence-electron chi connectivity index (χ4n) is 3.56. The maximum absolute atomic E-state index is 14.2. The zero-order valence-corrected chi connectivity index (χ0v) is 17.2. The number of ether oxygens (including phenoxy) is 2. The van der Waals surface area contributed by atoms with E-state index in [9.17, 15) is 17.6 Å². The van der Waals surface area contributed by atoms with Crippen LogP contribution in [0.25, 0.3) is 0 Å². The van der Waals surface area contributed by atoms with Crippen molar-refractivity contribution in [2.45, 2.75) is 18.1 Å². The second-order valence-electron chi connectivity index (χ2n) is 6.91. The van der Waals surface area contributed by atoms with Gasteiger partial charge in [0, 0.05) is 18.7 Å². The molecule has 0 aromatic heterocycles. The summed E-state index contributed by atoms with van der Waals surface area (Å²) >= 11 is 0. The molecular weight excluding hydrogens is 397 g/mol. The number of nitrogens with zero attached hydrogens (tertiary/aromatic N) is 1. The number of hydrogen-bond acceptors (Lipinski definition) is 5. The molecule has 0 aliphatic carbocycles. The van der Waals surface area contributed by atoms with E-state index in [-0.39, 0.29) is 43.2 Å². The summed E-state index contributed by atoms with van der Waals surface area (Å²) in [7, 11) is -0.511. The Labute approximate surface area is 170 Å². The molecule has 0 saturated carbocycles. The lowest BCUT2D eigenvalue weighted by Crippen LogP contribution is -2.34. The molecule has 0 spiro atoms. The van der Waals surface area contributed by atoms with Crippen LogP contribution in [0.5, 0.6) is 11.5 Å². The summed E-state index contributed by atoms with van der Waals surface area (Å²) in [5.74, 6) is 0.185. The molecule has 1 aliphatic rings. The number of halogens is 1. The second kappa shape index (κ2) is 8.82. The fraction of sp³-hybridized carbons (Fsp3) is 0.381. The van der Waals surface area contributed by atoms with Crippen molar-refractivity contribution < 1.29 is 27.1 Å². The molecule has 2 aromatic rings. The van der Waals surface area contributed by atoms with Crippen molar-refractivity contribution in [2.24, 2.45) is 0 Å². The zero-order chi connectivity index (χ0) is 21.0. The number of carbonyl (C=O) groups is 1. The smallest absolute Gasteiger partial charge is 0.227 e. The number of rotatable bonds is 5. The van der Waals surface area contributed by atoms with E-state index in [1.165, 1.54) is 37.3 Å². The van der Waals surface area contributed by atoms with Crippen molar-refractivity contribution in [3.63, 3.8) is 0 Å². The molecule has 156 valence electrons. The first-order valence-corrected chi connectivity index (χ1v) is 11.0. The Hall–Kier alpha value is -2.61. The van der Waals surface area contributed by atoms with Crippen LogP contribution >= 0.6 is 0 Å². The second-order valence-corrected chi connectivity index (χ2v) is 9.22. The molecule has 1 atom stereocenters. The van der Waals surface area contributed by atoms with Gasteiger partial charge in [-0.15, -0.1) is 0 Å². The monoisotopic (exact) mass is 421 g/mol. The Morgan fingerprint density at radius 1 is 1.10 bits per heavy atom. The molecule has 1 fully saturated rings. The molecule has 8 heteroatoms. The van der Waals surface area contributed by atoms with Gasteiger partial charge in [0.05, 0.1) is 31.6 Å². The van der Waals surface area contributed by atoms with Crippen molar-refractivity contribution in [1.82, 2.24) is 4.90 Å². The lowest BCUT2D eigenvalue weighted by molar-refractivity contribution is -0.130. The van der Waals surface area contributed by atoms with E-state index in [2.05, 4.69) is 0 Å². The highest BCUT2D eigenvalue weighted by Crippen LogP contribution is 2.32. The summed E-state index contributed by atoms with van der Waals surface area (Å²) in [6, 6.07) is 11.1. The molecular formula is C21H24FNO5S. The topological polar surface area (TPSA) is 72.9 Å². The normalized spacial score (nSPS) is 18.7. The molecule has 0 bridgehead atoms. The summed E-state index contributed by atoms with van der Waals surface area (Å²) in [6.07, 6.45) is 0.283. The van der Waals surface area contributed by atoms with Crippen LogP contribution in [0, 0.1) is 5.82 Å². The molecule has 0 N–H and O–H groups in total. The number of sulfone groups is 1. The van der Waals surface area contributed by atoms with Gasteiger partial charge in [-0.05, 0) is 30.2 Å². The number of methoxy groups -OCH3 is 2. The highest BCUT2D eigenvalue weighted by Gasteiger charge is 2.34. The van der Waals surface area contributed by atoms with Crippen LogP contribution in [0.1, 0.15) is 22.8 Å². The largest absolute Gasteiger partial charge is 0.493 e. The standard InChI is InChI=1S/C21H24FNO5S/c1-27-18-8-7-15(13-19(18)28-2)14-21(24)23-10-9-20(29(25,26)12-11-23)16-5-3-4-6-17(16)22/h3-8,13,20H,9-12,14H2,1-2H3.